The van der Waals surface area contributed by atoms with E-state index in [2.05, 4.69) is 10.6 Å². The second-order valence-corrected chi connectivity index (χ2v) is 4.07. The van der Waals surface area contributed by atoms with Crippen LogP contribution in [0.25, 0.3) is 0 Å². The number of alkyl halides is 2. The van der Waals surface area contributed by atoms with Crippen LogP contribution in [0, 0.1) is 5.92 Å². The average Bonchev–Trinajstić information content (AvgIpc) is 2.21. The lowest BCUT2D eigenvalue weighted by molar-refractivity contribution is -0.129. The van der Waals surface area contributed by atoms with Crippen LogP contribution in [0.4, 0.5) is 8.78 Å². The summed E-state index contributed by atoms with van der Waals surface area (Å²) < 4.78 is 24.0. The van der Waals surface area contributed by atoms with Crippen LogP contribution >= 0.6 is 0 Å². The van der Waals surface area contributed by atoms with E-state index < -0.39 is 31.0 Å². The van der Waals surface area contributed by atoms with Gasteiger partial charge in [-0.15, -0.1) is 0 Å². The Bertz CT molecular complexity index is 272. The van der Waals surface area contributed by atoms with E-state index in [4.69, 9.17) is 5.11 Å². The van der Waals surface area contributed by atoms with Crippen LogP contribution < -0.4 is 10.6 Å². The first-order valence-electron chi connectivity index (χ1n) is 5.26. The van der Waals surface area contributed by atoms with Crippen molar-refractivity contribution in [2.45, 2.75) is 39.3 Å². The monoisotopic (exact) mass is 252 g/mol. The normalized spacial score (nSPS) is 14.6. The molecule has 0 rings (SSSR count). The van der Waals surface area contributed by atoms with Crippen molar-refractivity contribution >= 4 is 11.8 Å². The Hall–Kier alpha value is -1.24. The molecule has 0 heterocycles. The van der Waals surface area contributed by atoms with Gasteiger partial charge in [0.1, 0.15) is 12.1 Å². The summed E-state index contributed by atoms with van der Waals surface area (Å²) in [6.07, 6.45) is -4.81. The van der Waals surface area contributed by atoms with Crippen molar-refractivity contribution in [2.75, 3.05) is 6.54 Å². The van der Waals surface area contributed by atoms with Crippen molar-refractivity contribution in [3.8, 4) is 0 Å². The van der Waals surface area contributed by atoms with Crippen LogP contribution in [0.5, 0.6) is 0 Å². The highest BCUT2D eigenvalue weighted by Gasteiger charge is 2.24. The number of nitrogens with one attached hydrogen (secondary N) is 2. The van der Waals surface area contributed by atoms with E-state index >= 15 is 0 Å². The van der Waals surface area contributed by atoms with E-state index in [0.717, 1.165) is 0 Å². The molecule has 2 unspecified atom stereocenters. The summed E-state index contributed by atoms with van der Waals surface area (Å²) in [6, 6.07) is -0.794. The van der Waals surface area contributed by atoms with Gasteiger partial charge in [-0.3, -0.25) is 9.59 Å². The minimum absolute atomic E-state index is 0.178. The predicted molar refractivity (Wildman–Crippen MR) is 57.5 cm³/mol. The molecule has 7 heteroatoms. The van der Waals surface area contributed by atoms with Gasteiger partial charge in [-0.1, -0.05) is 13.8 Å². The summed E-state index contributed by atoms with van der Waals surface area (Å²) in [5, 5.41) is 13.4. The van der Waals surface area contributed by atoms with Crippen molar-refractivity contribution in [2.24, 2.45) is 5.92 Å². The van der Waals surface area contributed by atoms with Gasteiger partial charge in [-0.25, -0.2) is 8.78 Å². The second-order valence-electron chi connectivity index (χ2n) is 4.07. The zero-order valence-electron chi connectivity index (χ0n) is 10.0. The molecule has 2 atom stereocenters. The van der Waals surface area contributed by atoms with Crippen molar-refractivity contribution in [3.63, 3.8) is 0 Å². The molecular weight excluding hydrogens is 234 g/mol. The maximum absolute atomic E-state index is 12.0. The molecule has 17 heavy (non-hydrogen) atoms. The highest BCUT2D eigenvalue weighted by atomic mass is 19.3. The van der Waals surface area contributed by atoms with E-state index in [-0.39, 0.29) is 11.8 Å². The number of aliphatic hydroxyl groups excluding tert-OH is 1. The highest BCUT2D eigenvalue weighted by Crippen LogP contribution is 2.03. The fourth-order valence-corrected chi connectivity index (χ4v) is 1.16. The van der Waals surface area contributed by atoms with Crippen LogP contribution in [0.15, 0.2) is 0 Å². The van der Waals surface area contributed by atoms with Crippen molar-refractivity contribution in [1.82, 2.24) is 10.6 Å². The minimum atomic E-state index is -2.91. The summed E-state index contributed by atoms with van der Waals surface area (Å²) in [5.74, 6) is -1.15. The molecule has 2 amide bonds. The molecule has 0 fully saturated rings. The summed E-state index contributed by atoms with van der Waals surface area (Å²) >= 11 is 0. The fourth-order valence-electron chi connectivity index (χ4n) is 1.16. The third-order valence-corrected chi connectivity index (χ3v) is 2.08. The Morgan fingerprint density at radius 3 is 2.18 bits per heavy atom. The van der Waals surface area contributed by atoms with Gasteiger partial charge in [-0.05, 0) is 5.92 Å². The molecule has 0 aliphatic heterocycles. The third-order valence-electron chi connectivity index (χ3n) is 2.08. The van der Waals surface area contributed by atoms with Gasteiger partial charge in [0.2, 0.25) is 11.8 Å². The number of carbonyl (C=O) groups excluding carboxylic acids is 2. The lowest BCUT2D eigenvalue weighted by Crippen LogP contribution is -2.50. The van der Waals surface area contributed by atoms with Crippen LogP contribution in [-0.2, 0) is 9.59 Å². The molecule has 3 N–H and O–H groups in total. The molecule has 0 aliphatic rings. The quantitative estimate of drug-likeness (QED) is 0.617. The fraction of sp³-hybridized carbons (Fsp3) is 0.800. The molecule has 0 saturated carbocycles. The molecule has 0 aromatic rings. The first kappa shape index (κ1) is 15.8. The molecule has 0 aromatic carbocycles. The van der Waals surface area contributed by atoms with Crippen LogP contribution in [0.1, 0.15) is 20.8 Å². The Balaban J connectivity index is 4.29. The number of amides is 2. The molecule has 0 saturated heterocycles. The van der Waals surface area contributed by atoms with Crippen LogP contribution in [0.3, 0.4) is 0 Å². The summed E-state index contributed by atoms with van der Waals surface area (Å²) in [4.78, 5) is 22.4. The smallest absolute Gasteiger partial charge is 0.265 e. The molecule has 0 aliphatic carbocycles. The Morgan fingerprint density at radius 1 is 1.29 bits per heavy atom. The summed E-state index contributed by atoms with van der Waals surface area (Å²) in [6.45, 7) is 4.14. The molecule has 0 spiro atoms. The topological polar surface area (TPSA) is 78.4 Å². The van der Waals surface area contributed by atoms with Gasteiger partial charge in [0.15, 0.2) is 0 Å². The standard InChI is InChI=1S/C10H18F2N2O3/c1-5(2)8(14-6(3)15)10(17)13-4-7(16)9(11)12/h5,7-9,16H,4H2,1-3H3,(H,13,17)(H,14,15). The molecular formula is C10H18F2N2O3. The maximum atomic E-state index is 12.0. The molecule has 0 radical (unpaired) electrons. The van der Waals surface area contributed by atoms with Crippen molar-refractivity contribution < 1.29 is 23.5 Å². The number of aliphatic hydroxyl groups is 1. The van der Waals surface area contributed by atoms with Crippen molar-refractivity contribution in [3.05, 3.63) is 0 Å². The molecule has 5 nitrogen and oxygen atoms in total. The average molecular weight is 252 g/mol. The highest BCUT2D eigenvalue weighted by molar-refractivity contribution is 5.87. The van der Waals surface area contributed by atoms with E-state index in [9.17, 15) is 18.4 Å². The number of carbonyl (C=O) groups is 2. The van der Waals surface area contributed by atoms with Gasteiger partial charge in [0.05, 0.1) is 0 Å². The second kappa shape index (κ2) is 7.16. The van der Waals surface area contributed by atoms with Crippen molar-refractivity contribution in [1.29, 1.82) is 0 Å². The first-order chi connectivity index (χ1) is 7.75. The van der Waals surface area contributed by atoms with E-state index in [1.807, 2.05) is 0 Å². The van der Waals surface area contributed by atoms with Gasteiger partial charge < -0.3 is 15.7 Å². The lowest BCUT2D eigenvalue weighted by atomic mass is 10.0. The van der Waals surface area contributed by atoms with Crippen LogP contribution in [-0.4, -0.2) is 42.0 Å². The first-order valence-corrected chi connectivity index (χ1v) is 5.26. The van der Waals surface area contributed by atoms with E-state index in [1.54, 1.807) is 13.8 Å². The minimum Gasteiger partial charge on any atom is -0.385 e. The Labute approximate surface area is 98.6 Å². The Morgan fingerprint density at radius 2 is 1.82 bits per heavy atom. The predicted octanol–water partition coefficient (Wildman–Crippen LogP) is -0.111. The number of hydrogen-bond donors (Lipinski definition) is 3. The number of rotatable bonds is 6. The summed E-state index contributed by atoms with van der Waals surface area (Å²) in [5.41, 5.74) is 0. The van der Waals surface area contributed by atoms with E-state index in [1.165, 1.54) is 6.92 Å². The van der Waals surface area contributed by atoms with Gasteiger partial charge in [-0.2, -0.15) is 0 Å². The van der Waals surface area contributed by atoms with Gasteiger partial charge >= 0.3 is 0 Å². The molecule has 0 aromatic heterocycles. The van der Waals surface area contributed by atoms with Gasteiger partial charge in [0, 0.05) is 13.5 Å². The third kappa shape index (κ3) is 6.15. The van der Waals surface area contributed by atoms with Crippen LogP contribution in [0.2, 0.25) is 0 Å². The lowest BCUT2D eigenvalue weighted by Gasteiger charge is -2.21. The molecule has 0 bridgehead atoms. The Kier molecular flexibility index (Phi) is 6.64. The van der Waals surface area contributed by atoms with E-state index in [0.29, 0.717) is 0 Å². The number of hydrogen-bond acceptors (Lipinski definition) is 3. The zero-order valence-corrected chi connectivity index (χ0v) is 10.0. The zero-order chi connectivity index (χ0) is 13.6. The molecule has 100 valence electrons. The largest absolute Gasteiger partial charge is 0.385 e. The maximum Gasteiger partial charge on any atom is 0.265 e. The SMILES string of the molecule is CC(=O)NC(C(=O)NCC(O)C(F)F)C(C)C. The summed E-state index contributed by atoms with van der Waals surface area (Å²) in [7, 11) is 0. The van der Waals surface area contributed by atoms with Gasteiger partial charge in [0.25, 0.3) is 6.43 Å². The number of halogens is 2.